The fourth-order valence-corrected chi connectivity index (χ4v) is 3.37. The Kier molecular flexibility index (Phi) is 4.71. The summed E-state index contributed by atoms with van der Waals surface area (Å²) >= 11 is 1.54. The van der Waals surface area contributed by atoms with Gasteiger partial charge >= 0.3 is 5.97 Å². The smallest absolute Gasteiger partial charge is 0.326 e. The van der Waals surface area contributed by atoms with Crippen LogP contribution in [0.15, 0.2) is 22.0 Å². The fourth-order valence-electron chi connectivity index (χ4n) is 2.72. The van der Waals surface area contributed by atoms with Gasteiger partial charge < -0.3 is 14.5 Å². The number of carboxylic acid groups (broad SMARTS) is 1. The number of carbonyl (C=O) groups excluding carboxylic acids is 1. The molecule has 1 amide bonds. The molecule has 0 aromatic carbocycles. The van der Waals surface area contributed by atoms with E-state index in [-0.39, 0.29) is 5.91 Å². The van der Waals surface area contributed by atoms with Gasteiger partial charge in [-0.25, -0.2) is 4.79 Å². The predicted octanol–water partition coefficient (Wildman–Crippen LogP) is 2.20. The highest BCUT2D eigenvalue weighted by molar-refractivity contribution is 7.13. The number of amides is 1. The number of rotatable bonds is 6. The Balaban J connectivity index is 1.50. The Labute approximate surface area is 136 Å². The van der Waals surface area contributed by atoms with Gasteiger partial charge in [0.2, 0.25) is 17.6 Å². The molecule has 2 aromatic heterocycles. The van der Waals surface area contributed by atoms with Gasteiger partial charge in [-0.3, -0.25) is 4.79 Å². The second kappa shape index (κ2) is 6.91. The minimum atomic E-state index is -0.923. The third-order valence-electron chi connectivity index (χ3n) is 3.85. The van der Waals surface area contributed by atoms with Gasteiger partial charge in [0.25, 0.3) is 0 Å². The van der Waals surface area contributed by atoms with Crippen LogP contribution in [0.4, 0.5) is 0 Å². The molecule has 1 aliphatic heterocycles. The number of hydrogen-bond acceptors (Lipinski definition) is 6. The summed E-state index contributed by atoms with van der Waals surface area (Å²) in [7, 11) is 0. The minimum absolute atomic E-state index is 0.118. The van der Waals surface area contributed by atoms with E-state index in [1.807, 2.05) is 17.5 Å². The third-order valence-corrected chi connectivity index (χ3v) is 4.71. The van der Waals surface area contributed by atoms with E-state index in [0.29, 0.717) is 43.9 Å². The van der Waals surface area contributed by atoms with Crippen molar-refractivity contribution in [3.8, 4) is 10.7 Å². The zero-order valence-electron chi connectivity index (χ0n) is 12.5. The molecule has 7 nitrogen and oxygen atoms in total. The first-order valence-corrected chi connectivity index (χ1v) is 8.42. The maximum atomic E-state index is 12.1. The first-order chi connectivity index (χ1) is 11.1. The maximum Gasteiger partial charge on any atom is 0.326 e. The largest absolute Gasteiger partial charge is 0.480 e. The summed E-state index contributed by atoms with van der Waals surface area (Å²) < 4.78 is 5.18. The van der Waals surface area contributed by atoms with Crippen LogP contribution in [-0.4, -0.2) is 44.6 Å². The van der Waals surface area contributed by atoms with E-state index < -0.39 is 12.0 Å². The number of aryl methyl sites for hydroxylation is 1. The topological polar surface area (TPSA) is 96.5 Å². The normalized spacial score (nSPS) is 17.6. The molecular formula is C15H17N3O4S. The quantitative estimate of drug-likeness (QED) is 0.869. The van der Waals surface area contributed by atoms with Crippen LogP contribution in [-0.2, 0) is 16.0 Å². The summed E-state index contributed by atoms with van der Waals surface area (Å²) in [5.74, 6) is 0.0189. The van der Waals surface area contributed by atoms with Crippen molar-refractivity contribution in [2.24, 2.45) is 0 Å². The molecular weight excluding hydrogens is 318 g/mol. The van der Waals surface area contributed by atoms with Crippen LogP contribution in [0.1, 0.15) is 31.6 Å². The second-order valence-electron chi connectivity index (χ2n) is 5.43. The van der Waals surface area contributed by atoms with Crippen LogP contribution in [0, 0.1) is 0 Å². The summed E-state index contributed by atoms with van der Waals surface area (Å²) in [5, 5.41) is 15.0. The fraction of sp³-hybridized carbons (Fsp3) is 0.467. The first kappa shape index (κ1) is 15.7. The Bertz CT molecular complexity index is 683. The molecule has 1 unspecified atom stereocenters. The number of aromatic nitrogens is 2. The summed E-state index contributed by atoms with van der Waals surface area (Å²) in [6.07, 6.45) is 2.65. The lowest BCUT2D eigenvalue weighted by molar-refractivity contribution is -0.148. The van der Waals surface area contributed by atoms with Gasteiger partial charge in [0.15, 0.2) is 0 Å². The zero-order chi connectivity index (χ0) is 16.2. The molecule has 2 aromatic rings. The zero-order valence-corrected chi connectivity index (χ0v) is 13.3. The van der Waals surface area contributed by atoms with Gasteiger partial charge in [0.1, 0.15) is 6.04 Å². The number of carboxylic acids is 1. The van der Waals surface area contributed by atoms with Crippen molar-refractivity contribution >= 4 is 23.2 Å². The van der Waals surface area contributed by atoms with Crippen LogP contribution >= 0.6 is 11.3 Å². The van der Waals surface area contributed by atoms with Crippen molar-refractivity contribution in [1.82, 2.24) is 15.0 Å². The van der Waals surface area contributed by atoms with E-state index >= 15 is 0 Å². The van der Waals surface area contributed by atoms with E-state index in [9.17, 15) is 9.59 Å². The lowest BCUT2D eigenvalue weighted by Crippen LogP contribution is -2.40. The van der Waals surface area contributed by atoms with Gasteiger partial charge in [-0.15, -0.1) is 11.3 Å². The molecule has 3 heterocycles. The van der Waals surface area contributed by atoms with Gasteiger partial charge in [-0.05, 0) is 30.7 Å². The standard InChI is InChI=1S/C15H17N3O4S/c19-13(18-8-2-4-10(18)15(20)21)7-1-6-12-16-14(17-22-12)11-5-3-9-23-11/h3,5,9-10H,1-2,4,6-8H2,(H,20,21). The molecule has 23 heavy (non-hydrogen) atoms. The molecule has 122 valence electrons. The first-order valence-electron chi connectivity index (χ1n) is 7.54. The molecule has 0 spiro atoms. The molecule has 0 aliphatic carbocycles. The van der Waals surface area contributed by atoms with E-state index in [1.54, 1.807) is 0 Å². The minimum Gasteiger partial charge on any atom is -0.480 e. The van der Waals surface area contributed by atoms with Gasteiger partial charge in [-0.1, -0.05) is 11.2 Å². The highest BCUT2D eigenvalue weighted by Gasteiger charge is 2.33. The monoisotopic (exact) mass is 335 g/mol. The SMILES string of the molecule is O=C(O)C1CCCN1C(=O)CCCc1nc(-c2cccs2)no1. The Morgan fingerprint density at radius 2 is 2.35 bits per heavy atom. The molecule has 3 rings (SSSR count). The van der Waals surface area contributed by atoms with Crippen LogP contribution in [0.3, 0.4) is 0 Å². The lowest BCUT2D eigenvalue weighted by Gasteiger charge is -2.21. The average molecular weight is 335 g/mol. The van der Waals surface area contributed by atoms with Crippen LogP contribution in [0.2, 0.25) is 0 Å². The Morgan fingerprint density at radius 1 is 1.48 bits per heavy atom. The molecule has 1 atom stereocenters. The average Bonchev–Trinajstić information content (AvgIpc) is 3.27. The third kappa shape index (κ3) is 3.58. The molecule has 8 heteroatoms. The Hall–Kier alpha value is -2.22. The molecule has 1 fully saturated rings. The van der Waals surface area contributed by atoms with E-state index in [1.165, 1.54) is 16.2 Å². The van der Waals surface area contributed by atoms with Crippen molar-refractivity contribution in [2.75, 3.05) is 6.54 Å². The number of thiophene rings is 1. The van der Waals surface area contributed by atoms with Gasteiger partial charge in [0, 0.05) is 19.4 Å². The number of nitrogens with zero attached hydrogens (tertiary/aromatic N) is 3. The molecule has 1 N–H and O–H groups in total. The van der Waals surface area contributed by atoms with Crippen molar-refractivity contribution in [2.45, 2.75) is 38.1 Å². The summed E-state index contributed by atoms with van der Waals surface area (Å²) in [4.78, 5) is 30.0. The van der Waals surface area contributed by atoms with E-state index in [0.717, 1.165) is 11.3 Å². The Morgan fingerprint density at radius 3 is 3.09 bits per heavy atom. The van der Waals surface area contributed by atoms with Gasteiger partial charge in [0.05, 0.1) is 4.88 Å². The molecule has 0 bridgehead atoms. The lowest BCUT2D eigenvalue weighted by atomic mass is 10.2. The van der Waals surface area contributed by atoms with Crippen molar-refractivity contribution < 1.29 is 19.2 Å². The second-order valence-corrected chi connectivity index (χ2v) is 6.37. The van der Waals surface area contributed by atoms with Crippen LogP contribution in [0.25, 0.3) is 10.7 Å². The molecule has 1 aliphatic rings. The molecule has 0 saturated carbocycles. The van der Waals surface area contributed by atoms with Crippen molar-refractivity contribution in [1.29, 1.82) is 0 Å². The van der Waals surface area contributed by atoms with E-state index in [4.69, 9.17) is 9.63 Å². The predicted molar refractivity (Wildman–Crippen MR) is 82.9 cm³/mol. The summed E-state index contributed by atoms with van der Waals surface area (Å²) in [6, 6.07) is 3.17. The summed E-state index contributed by atoms with van der Waals surface area (Å²) in [6.45, 7) is 0.527. The number of aliphatic carboxylic acids is 1. The van der Waals surface area contributed by atoms with Crippen molar-refractivity contribution in [3.05, 3.63) is 23.4 Å². The highest BCUT2D eigenvalue weighted by atomic mass is 32.1. The number of likely N-dealkylation sites (tertiary alicyclic amines) is 1. The number of carbonyl (C=O) groups is 2. The molecule has 1 saturated heterocycles. The van der Waals surface area contributed by atoms with Crippen molar-refractivity contribution in [3.63, 3.8) is 0 Å². The van der Waals surface area contributed by atoms with Crippen LogP contribution < -0.4 is 0 Å². The van der Waals surface area contributed by atoms with E-state index in [2.05, 4.69) is 10.1 Å². The summed E-state index contributed by atoms with van der Waals surface area (Å²) in [5.41, 5.74) is 0. The van der Waals surface area contributed by atoms with Gasteiger partial charge in [-0.2, -0.15) is 4.98 Å². The van der Waals surface area contributed by atoms with Crippen LogP contribution in [0.5, 0.6) is 0 Å². The molecule has 0 radical (unpaired) electrons. The number of hydrogen-bond donors (Lipinski definition) is 1. The maximum absolute atomic E-state index is 12.1. The highest BCUT2D eigenvalue weighted by Crippen LogP contribution is 2.22.